The minimum absolute atomic E-state index is 0.469. The van der Waals surface area contributed by atoms with Crippen molar-refractivity contribution in [2.24, 2.45) is 21.7 Å². The van der Waals surface area contributed by atoms with E-state index in [2.05, 4.69) is 136 Å². The summed E-state index contributed by atoms with van der Waals surface area (Å²) in [5, 5.41) is 37.8. The van der Waals surface area contributed by atoms with Crippen LogP contribution in [0.15, 0.2) is 101 Å². The molecule has 0 aromatic rings. The SMILES string of the molecule is C=CCCCCCCCC(C)(C)C.C=CCCCCCCCC(C)(C)C.C=CCCCCCCCC(C)(C)O.C=CCCCCCCCC(C)(C)O.C=CCCCCCCCCC(C)(C)C.C=CCCCCCCCCC(C)(C)C.C=CCCCCCCCCC(C)(C)O.C=CCCCCCCCCC(C)(C)O. The van der Waals surface area contributed by atoms with E-state index in [4.69, 9.17) is 0 Å². The zero-order valence-corrected chi connectivity index (χ0v) is 78.5. The number of hydrogen-bond donors (Lipinski definition) is 4. The van der Waals surface area contributed by atoms with Crippen molar-refractivity contribution in [3.05, 3.63) is 101 Å². The van der Waals surface area contributed by atoms with Gasteiger partial charge in [-0.2, -0.15) is 0 Å². The van der Waals surface area contributed by atoms with Gasteiger partial charge in [0, 0.05) is 0 Å². The van der Waals surface area contributed by atoms with Crippen LogP contribution < -0.4 is 0 Å². The van der Waals surface area contributed by atoms with Crippen molar-refractivity contribution in [3.8, 4) is 0 Å². The van der Waals surface area contributed by atoms with E-state index in [1.165, 1.54) is 308 Å². The van der Waals surface area contributed by atoms with E-state index in [0.29, 0.717) is 21.7 Å². The van der Waals surface area contributed by atoms with Crippen molar-refractivity contribution in [1.82, 2.24) is 0 Å². The summed E-state index contributed by atoms with van der Waals surface area (Å²) in [4.78, 5) is 0. The van der Waals surface area contributed by atoms with E-state index in [1.54, 1.807) is 0 Å². The molecule has 0 rings (SSSR count). The van der Waals surface area contributed by atoms with Crippen LogP contribution >= 0.6 is 0 Å². The van der Waals surface area contributed by atoms with E-state index in [-0.39, 0.29) is 0 Å². The lowest BCUT2D eigenvalue weighted by molar-refractivity contribution is 0.0674. The van der Waals surface area contributed by atoms with Crippen LogP contribution in [0.3, 0.4) is 0 Å². The maximum absolute atomic E-state index is 9.48. The minimum atomic E-state index is -0.471. The van der Waals surface area contributed by atoms with Gasteiger partial charge >= 0.3 is 0 Å². The van der Waals surface area contributed by atoms with Gasteiger partial charge < -0.3 is 20.4 Å². The highest BCUT2D eigenvalue weighted by atomic mass is 16.3. The molecule has 0 spiro atoms. The molecule has 0 saturated carbocycles. The topological polar surface area (TPSA) is 80.9 Å². The molecule has 4 nitrogen and oxygen atoms in total. The van der Waals surface area contributed by atoms with Crippen molar-refractivity contribution in [2.45, 2.75) is 546 Å². The summed E-state index contributed by atoms with van der Waals surface area (Å²) in [6, 6.07) is 0. The summed E-state index contributed by atoms with van der Waals surface area (Å²) >= 11 is 0. The van der Waals surface area contributed by atoms with Crippen molar-refractivity contribution in [1.29, 1.82) is 0 Å². The van der Waals surface area contributed by atoms with Crippen molar-refractivity contribution < 1.29 is 20.4 Å². The number of rotatable bonds is 64. The van der Waals surface area contributed by atoms with E-state index in [0.717, 1.165) is 77.0 Å². The van der Waals surface area contributed by atoms with Crippen LogP contribution in [0.4, 0.5) is 0 Å². The van der Waals surface area contributed by atoms with Crippen LogP contribution in [-0.2, 0) is 0 Å². The second-order valence-corrected chi connectivity index (χ2v) is 39.7. The smallest absolute Gasteiger partial charge is 0.0591 e. The molecule has 0 radical (unpaired) electrons. The molecule has 0 aromatic carbocycles. The minimum Gasteiger partial charge on any atom is -0.390 e. The second kappa shape index (κ2) is 87.2. The summed E-state index contributed by atoms with van der Waals surface area (Å²) in [5.41, 5.74) is 0.238. The molecule has 648 valence electrons. The van der Waals surface area contributed by atoms with Crippen molar-refractivity contribution in [3.63, 3.8) is 0 Å². The molecule has 4 N–H and O–H groups in total. The van der Waals surface area contributed by atoms with Gasteiger partial charge in [0.05, 0.1) is 22.4 Å². The number of hydrogen-bond acceptors (Lipinski definition) is 4. The van der Waals surface area contributed by atoms with Gasteiger partial charge in [0.15, 0.2) is 0 Å². The quantitative estimate of drug-likeness (QED) is 0.0361. The molecule has 0 fully saturated rings. The monoisotopic (exact) mass is 1520 g/mol. The molecule has 0 aliphatic carbocycles. The predicted octanol–water partition coefficient (Wildman–Crippen LogP) is 36.1. The maximum atomic E-state index is 9.48. The fourth-order valence-electron chi connectivity index (χ4n) is 12.1. The highest BCUT2D eigenvalue weighted by molar-refractivity contribution is 4.74. The largest absolute Gasteiger partial charge is 0.390 e. The molecule has 0 aliphatic rings. The molecule has 0 aromatic heterocycles. The Morgan fingerprint density at radius 2 is 0.222 bits per heavy atom. The van der Waals surface area contributed by atoms with E-state index in [1.807, 2.05) is 104 Å². The third-order valence-corrected chi connectivity index (χ3v) is 19.1. The Hall–Kier alpha value is -2.24. The molecular formula is C104H208O4. The second-order valence-electron chi connectivity index (χ2n) is 39.7. The summed E-state index contributed by atoms with van der Waals surface area (Å²) in [7, 11) is 0. The lowest BCUT2D eigenvalue weighted by Gasteiger charge is -2.17. The van der Waals surface area contributed by atoms with Gasteiger partial charge in [0.1, 0.15) is 0 Å². The predicted molar refractivity (Wildman–Crippen MR) is 502 cm³/mol. The molecule has 0 amide bonds. The van der Waals surface area contributed by atoms with Gasteiger partial charge in [-0.05, 0) is 231 Å². The van der Waals surface area contributed by atoms with Crippen LogP contribution in [0.5, 0.6) is 0 Å². The van der Waals surface area contributed by atoms with E-state index in [9.17, 15) is 20.4 Å². The van der Waals surface area contributed by atoms with Crippen molar-refractivity contribution >= 4 is 0 Å². The summed E-state index contributed by atoms with van der Waals surface area (Å²) in [5.74, 6) is 0. The molecule has 4 heteroatoms. The van der Waals surface area contributed by atoms with Gasteiger partial charge in [-0.1, -0.05) is 363 Å². The first-order valence-corrected chi connectivity index (χ1v) is 46.3. The molecular weight excluding hydrogens is 1310 g/mol. The zero-order valence-electron chi connectivity index (χ0n) is 78.5. The zero-order chi connectivity index (χ0) is 84.1. The number of unbranched alkanes of at least 4 members (excludes halogenated alkanes) is 44. The Bertz CT molecular complexity index is 1530. The Morgan fingerprint density at radius 3 is 0.306 bits per heavy atom. The first kappa shape index (κ1) is 121. The third-order valence-electron chi connectivity index (χ3n) is 19.1. The molecule has 0 heterocycles. The summed E-state index contributed by atoms with van der Waals surface area (Å²) < 4.78 is 0. The van der Waals surface area contributed by atoms with Crippen LogP contribution in [0.25, 0.3) is 0 Å². The molecule has 0 aliphatic heterocycles. The number of aliphatic hydroxyl groups is 4. The van der Waals surface area contributed by atoms with Crippen LogP contribution in [-0.4, -0.2) is 42.8 Å². The van der Waals surface area contributed by atoms with Gasteiger partial charge in [0.25, 0.3) is 0 Å². The highest BCUT2D eigenvalue weighted by Crippen LogP contribution is 2.27. The fraction of sp³-hybridized carbons (Fsp3) is 0.846. The highest BCUT2D eigenvalue weighted by Gasteiger charge is 2.15. The standard InChI is InChI=1S/2C14H28.2C13H26O.2C13H26.2C12H24O/c2*1-5-6-7-8-9-10-11-12-13-14(2,3)4;2*1-4-5-6-7-8-9-10-11-12-13(2,3)14;2*1-5-6-7-8-9-10-11-12-13(2,3)4;2*1-4-5-6-7-8-9-10-11-12(2,3)13/h2*5H,1,6-13H2,2-4H3;2*4,14H,1,5-12H2,2-3H3;2*5H,1,6-12H2,2-4H3;2*4,13H,1,5-11H2,2-3H3. The summed E-state index contributed by atoms with van der Waals surface area (Å²) in [6.07, 6.45) is 93.2. The lowest BCUT2D eigenvalue weighted by atomic mass is 9.89. The normalized spacial score (nSPS) is 11.6. The van der Waals surface area contributed by atoms with Crippen molar-refractivity contribution in [2.75, 3.05) is 0 Å². The third kappa shape index (κ3) is 164. The average Bonchev–Trinajstić information content (AvgIpc) is 1.06. The molecule has 0 atom stereocenters. The Morgan fingerprint density at radius 1 is 0.139 bits per heavy atom. The van der Waals surface area contributed by atoms with E-state index < -0.39 is 22.4 Å². The Balaban J connectivity index is -0.000000176. The van der Waals surface area contributed by atoms with Crippen LogP contribution in [0.1, 0.15) is 524 Å². The van der Waals surface area contributed by atoms with Crippen LogP contribution in [0, 0.1) is 21.7 Å². The molecule has 0 saturated heterocycles. The fourth-order valence-corrected chi connectivity index (χ4v) is 12.1. The lowest BCUT2D eigenvalue weighted by Crippen LogP contribution is -2.17. The van der Waals surface area contributed by atoms with Gasteiger partial charge in [-0.25, -0.2) is 0 Å². The Kier molecular flexibility index (Phi) is 98.0. The maximum Gasteiger partial charge on any atom is 0.0591 e. The summed E-state index contributed by atoms with van der Waals surface area (Å²) in [6.45, 7) is 72.7. The van der Waals surface area contributed by atoms with Gasteiger partial charge in [0.2, 0.25) is 0 Å². The molecule has 0 bridgehead atoms. The molecule has 108 heavy (non-hydrogen) atoms. The first-order chi connectivity index (χ1) is 50.5. The first-order valence-electron chi connectivity index (χ1n) is 46.3. The van der Waals surface area contributed by atoms with Crippen LogP contribution in [0.2, 0.25) is 0 Å². The average molecular weight is 1520 g/mol. The Labute approximate surface area is 685 Å². The molecule has 0 unspecified atom stereocenters. The van der Waals surface area contributed by atoms with Gasteiger partial charge in [-0.3, -0.25) is 0 Å². The van der Waals surface area contributed by atoms with Gasteiger partial charge in [-0.15, -0.1) is 52.6 Å². The van der Waals surface area contributed by atoms with E-state index >= 15 is 0 Å². The number of allylic oxidation sites excluding steroid dienone is 8.